The highest BCUT2D eigenvalue weighted by molar-refractivity contribution is 6.95. The minimum atomic E-state index is -0.161. The van der Waals surface area contributed by atoms with Crippen molar-refractivity contribution in [3.63, 3.8) is 0 Å². The van der Waals surface area contributed by atoms with Crippen molar-refractivity contribution < 1.29 is 4.42 Å². The molecule has 8 aromatic rings. The van der Waals surface area contributed by atoms with Crippen molar-refractivity contribution >= 4 is 57.4 Å². The maximum absolute atomic E-state index is 7.25. The molecule has 1 aromatic heterocycles. The number of hydrogen-bond acceptors (Lipinski definition) is 3. The monoisotopic (exact) mass is 792 g/mol. The van der Waals surface area contributed by atoms with Crippen LogP contribution in [-0.4, -0.2) is 6.85 Å². The highest BCUT2D eigenvalue weighted by Gasteiger charge is 2.49. The van der Waals surface area contributed by atoms with E-state index in [4.69, 9.17) is 4.42 Å². The number of para-hydroxylation sites is 1. The smallest absolute Gasteiger partial charge is 0.337 e. The van der Waals surface area contributed by atoms with Crippen LogP contribution >= 0.6 is 0 Å². The van der Waals surface area contributed by atoms with Crippen molar-refractivity contribution in [2.75, 3.05) is 9.71 Å². The number of furan rings is 1. The van der Waals surface area contributed by atoms with Crippen LogP contribution in [0.2, 0.25) is 0 Å². The molecule has 4 heteroatoms. The van der Waals surface area contributed by atoms with E-state index >= 15 is 0 Å². The quantitative estimate of drug-likeness (QED) is 0.166. The molecule has 0 atom stereocenters. The molecule has 0 spiro atoms. The van der Waals surface area contributed by atoms with Gasteiger partial charge in [-0.15, -0.1) is 0 Å². The van der Waals surface area contributed by atoms with Crippen LogP contribution in [0.4, 0.5) is 28.6 Å². The highest BCUT2D eigenvalue weighted by Crippen LogP contribution is 2.53. The molecule has 3 nitrogen and oxygen atoms in total. The van der Waals surface area contributed by atoms with Crippen LogP contribution in [0, 0.1) is 6.92 Å². The lowest BCUT2D eigenvalue weighted by molar-refractivity contribution is 0.332. The first kappa shape index (κ1) is 37.7. The molecule has 3 aliphatic rings. The lowest BCUT2D eigenvalue weighted by Crippen LogP contribution is -2.61. The number of rotatable bonds is 4. The van der Waals surface area contributed by atoms with Gasteiger partial charge >= 0.3 is 6.85 Å². The summed E-state index contributed by atoms with van der Waals surface area (Å²) in [6, 6.07) is 56.8. The van der Waals surface area contributed by atoms with E-state index in [1.54, 1.807) is 0 Å². The zero-order valence-electron chi connectivity index (χ0n) is 36.7. The van der Waals surface area contributed by atoms with Crippen molar-refractivity contribution in [2.24, 2.45) is 0 Å². The van der Waals surface area contributed by atoms with Crippen molar-refractivity contribution in [1.82, 2.24) is 0 Å². The number of aryl methyl sites for hydroxylation is 1. The standard InChI is InChI=1S/C57H53BN2O/c1-36-31-45-42-26-23-39(37-17-11-9-12-18-37)33-49(42)60(41-25-27-46-47(35-41)57(7,8)30-29-56(46,5)6)58-52(45)50(32-36)59(54-53(58)43-21-15-16-22-51(43)61-54)48-28-24-40(55(2,3)4)34-44(48)38-19-13-10-14-20-38/h9-28,31-35H,29-30H2,1-8H3. The Morgan fingerprint density at radius 2 is 1.23 bits per heavy atom. The van der Waals surface area contributed by atoms with Gasteiger partial charge in [-0.2, -0.15) is 0 Å². The molecule has 1 aliphatic carbocycles. The molecule has 0 saturated heterocycles. The Morgan fingerprint density at radius 1 is 0.541 bits per heavy atom. The largest absolute Gasteiger partial charge is 0.440 e. The lowest BCUT2D eigenvalue weighted by Gasteiger charge is -2.46. The van der Waals surface area contributed by atoms with Gasteiger partial charge in [0.1, 0.15) is 5.58 Å². The molecular weight excluding hydrogens is 739 g/mol. The Hall–Kier alpha value is -6.26. The van der Waals surface area contributed by atoms with E-state index in [1.165, 1.54) is 84.4 Å². The molecule has 3 heterocycles. The van der Waals surface area contributed by atoms with Crippen molar-refractivity contribution in [3.8, 4) is 33.4 Å². The summed E-state index contributed by atoms with van der Waals surface area (Å²) in [6.07, 6.45) is 2.34. The molecule has 0 radical (unpaired) electrons. The summed E-state index contributed by atoms with van der Waals surface area (Å²) in [5.41, 5.74) is 21.0. The Kier molecular flexibility index (Phi) is 8.27. The van der Waals surface area contributed by atoms with Gasteiger partial charge in [-0.1, -0.05) is 158 Å². The van der Waals surface area contributed by atoms with Crippen molar-refractivity contribution in [2.45, 2.75) is 84.5 Å². The molecule has 0 amide bonds. The molecule has 0 fully saturated rings. The number of benzene rings is 7. The number of anilines is 5. The predicted molar refractivity (Wildman–Crippen MR) is 260 cm³/mol. The molecule has 300 valence electrons. The molecule has 61 heavy (non-hydrogen) atoms. The maximum Gasteiger partial charge on any atom is 0.337 e. The molecule has 0 saturated carbocycles. The van der Waals surface area contributed by atoms with Gasteiger partial charge in [-0.3, -0.25) is 4.90 Å². The summed E-state index contributed by atoms with van der Waals surface area (Å²) in [7, 11) is 0. The van der Waals surface area contributed by atoms with Crippen LogP contribution in [0.25, 0.3) is 44.3 Å². The number of hydrogen-bond donors (Lipinski definition) is 0. The highest BCUT2D eigenvalue weighted by atomic mass is 16.4. The van der Waals surface area contributed by atoms with E-state index in [2.05, 4.69) is 217 Å². The van der Waals surface area contributed by atoms with Crippen LogP contribution in [0.1, 0.15) is 83.6 Å². The summed E-state index contributed by atoms with van der Waals surface area (Å²) >= 11 is 0. The first-order valence-corrected chi connectivity index (χ1v) is 22.1. The zero-order valence-corrected chi connectivity index (χ0v) is 36.7. The van der Waals surface area contributed by atoms with Crippen LogP contribution < -0.4 is 20.6 Å². The Morgan fingerprint density at radius 3 is 1.97 bits per heavy atom. The second-order valence-electron chi connectivity index (χ2n) is 20.1. The molecule has 11 rings (SSSR count). The predicted octanol–water partition coefficient (Wildman–Crippen LogP) is 14.4. The van der Waals surface area contributed by atoms with Crippen LogP contribution in [0.3, 0.4) is 0 Å². The van der Waals surface area contributed by atoms with Crippen LogP contribution in [-0.2, 0) is 16.2 Å². The van der Waals surface area contributed by atoms with Gasteiger partial charge in [0, 0.05) is 39.0 Å². The van der Waals surface area contributed by atoms with Gasteiger partial charge in [-0.05, 0) is 128 Å². The van der Waals surface area contributed by atoms with Gasteiger partial charge in [0.05, 0.1) is 5.69 Å². The van der Waals surface area contributed by atoms with E-state index in [0.717, 1.165) is 34.6 Å². The summed E-state index contributed by atoms with van der Waals surface area (Å²) in [5, 5.41) is 1.14. The zero-order chi connectivity index (χ0) is 42.0. The lowest BCUT2D eigenvalue weighted by atomic mass is 9.43. The third-order valence-corrected chi connectivity index (χ3v) is 14.1. The van der Waals surface area contributed by atoms with Gasteiger partial charge in [0.15, 0.2) is 0 Å². The topological polar surface area (TPSA) is 19.6 Å². The molecule has 2 aliphatic heterocycles. The Labute approximate surface area is 361 Å². The number of nitrogens with zero attached hydrogens (tertiary/aromatic N) is 2. The Bertz CT molecular complexity index is 3040. The molecule has 7 aromatic carbocycles. The minimum absolute atomic E-state index is 0.0243. The van der Waals surface area contributed by atoms with Crippen LogP contribution in [0.5, 0.6) is 0 Å². The summed E-state index contributed by atoms with van der Waals surface area (Å²) < 4.78 is 7.25. The molecule has 0 N–H and O–H groups in total. The van der Waals surface area contributed by atoms with Crippen LogP contribution in [0.15, 0.2) is 156 Å². The first-order valence-electron chi connectivity index (χ1n) is 22.1. The van der Waals surface area contributed by atoms with Gasteiger partial charge in [0.2, 0.25) is 5.88 Å². The van der Waals surface area contributed by atoms with Gasteiger partial charge in [0.25, 0.3) is 0 Å². The maximum atomic E-state index is 7.25. The first-order chi connectivity index (χ1) is 29.3. The molecule has 0 bridgehead atoms. The minimum Gasteiger partial charge on any atom is -0.440 e. The van der Waals surface area contributed by atoms with Gasteiger partial charge < -0.3 is 9.23 Å². The second-order valence-corrected chi connectivity index (χ2v) is 20.1. The van der Waals surface area contributed by atoms with E-state index in [0.29, 0.717) is 0 Å². The third-order valence-electron chi connectivity index (χ3n) is 14.1. The molecule has 0 unspecified atom stereocenters. The SMILES string of the molecule is Cc1cc2c3c(c1)N(c1ccc(C(C)(C)C)cc1-c1ccccc1)c1oc4ccccc4c1B3N(c1ccc3c(c1)C(C)(C)CCC3(C)C)c1cc(-c3ccccc3)ccc1-2. The van der Waals surface area contributed by atoms with E-state index in [9.17, 15) is 0 Å². The Balaban J connectivity index is 1.25. The second kappa shape index (κ2) is 13.4. The average Bonchev–Trinajstić information content (AvgIpc) is 3.64. The summed E-state index contributed by atoms with van der Waals surface area (Å²) in [6.45, 7) is 18.7. The summed E-state index contributed by atoms with van der Waals surface area (Å²) in [5.74, 6) is 0.878. The molecular formula is C57H53BN2O. The fourth-order valence-electron chi connectivity index (χ4n) is 10.7. The van der Waals surface area contributed by atoms with Crippen molar-refractivity contribution in [3.05, 3.63) is 174 Å². The van der Waals surface area contributed by atoms with Crippen molar-refractivity contribution in [1.29, 1.82) is 0 Å². The van der Waals surface area contributed by atoms with Gasteiger partial charge in [-0.25, -0.2) is 0 Å². The van der Waals surface area contributed by atoms with E-state index in [-0.39, 0.29) is 23.1 Å². The fraction of sp³-hybridized carbons (Fsp3) is 0.228. The third kappa shape index (κ3) is 5.86. The van der Waals surface area contributed by atoms with E-state index < -0.39 is 0 Å². The fourth-order valence-corrected chi connectivity index (χ4v) is 10.7. The van der Waals surface area contributed by atoms with E-state index in [1.807, 2.05) is 0 Å². The normalized spacial score (nSPS) is 15.9. The average molecular weight is 793 g/mol. The summed E-state index contributed by atoms with van der Waals surface area (Å²) in [4.78, 5) is 5.12. The number of fused-ring (bicyclic) bond motifs is 7.